The van der Waals surface area contributed by atoms with Crippen molar-refractivity contribution < 1.29 is 9.53 Å². The normalized spacial score (nSPS) is 14.4. The Bertz CT molecular complexity index is 1350. The Hall–Kier alpha value is -4.13. The molecule has 0 spiro atoms. The largest absolute Gasteiger partial charge is 0.457 e. The van der Waals surface area contributed by atoms with Crippen LogP contribution in [0.25, 0.3) is 16.7 Å². The standard InChI is InChI=1S/C26H24N4O3/c1-2-25(31)28-16-13-20(14-17-28)29-23-12-15-27-18-24(23)30(26(29)32)19-8-10-22(11-9-19)33-21-6-4-3-5-7-21/h2-12,15,18,20H,1,13-14,16-17H2. The minimum absolute atomic E-state index is 0.0122. The molecule has 1 aliphatic heterocycles. The number of ether oxygens (including phenoxy) is 1. The second-order valence-corrected chi connectivity index (χ2v) is 8.02. The first-order chi connectivity index (χ1) is 16.2. The van der Waals surface area contributed by atoms with Gasteiger partial charge in [-0.05, 0) is 61.4 Å². The highest BCUT2D eigenvalue weighted by Crippen LogP contribution is 2.28. The number of hydrogen-bond acceptors (Lipinski definition) is 4. The van der Waals surface area contributed by atoms with Gasteiger partial charge in [-0.25, -0.2) is 4.79 Å². The van der Waals surface area contributed by atoms with Crippen LogP contribution in [0.15, 0.2) is 90.5 Å². The Balaban J connectivity index is 1.47. The van der Waals surface area contributed by atoms with Gasteiger partial charge in [-0.15, -0.1) is 0 Å². The zero-order valence-electron chi connectivity index (χ0n) is 18.1. The number of aromatic nitrogens is 3. The summed E-state index contributed by atoms with van der Waals surface area (Å²) >= 11 is 0. The van der Waals surface area contributed by atoms with Gasteiger partial charge in [0.25, 0.3) is 0 Å². The van der Waals surface area contributed by atoms with Crippen LogP contribution in [0.3, 0.4) is 0 Å². The van der Waals surface area contributed by atoms with E-state index in [4.69, 9.17) is 4.74 Å². The number of carbonyl (C=O) groups excluding carboxylic acids is 1. The van der Waals surface area contributed by atoms with Crippen LogP contribution in [-0.2, 0) is 4.79 Å². The number of amides is 1. The first-order valence-electron chi connectivity index (χ1n) is 11.0. The molecule has 2 aromatic heterocycles. The second kappa shape index (κ2) is 8.78. The molecule has 0 saturated carbocycles. The minimum Gasteiger partial charge on any atom is -0.457 e. The van der Waals surface area contributed by atoms with Crippen LogP contribution in [0.1, 0.15) is 18.9 Å². The van der Waals surface area contributed by atoms with Crippen molar-refractivity contribution in [1.82, 2.24) is 19.0 Å². The molecule has 0 N–H and O–H groups in total. The third kappa shape index (κ3) is 3.93. The van der Waals surface area contributed by atoms with E-state index in [1.165, 1.54) is 6.08 Å². The number of pyridine rings is 1. The highest BCUT2D eigenvalue weighted by Gasteiger charge is 2.27. The van der Waals surface area contributed by atoms with E-state index in [2.05, 4.69) is 11.6 Å². The number of rotatable bonds is 5. The van der Waals surface area contributed by atoms with Crippen molar-refractivity contribution in [2.24, 2.45) is 0 Å². The first kappa shape index (κ1) is 20.8. The zero-order chi connectivity index (χ0) is 22.8. The molecule has 1 aliphatic rings. The minimum atomic E-state index is -0.108. The van der Waals surface area contributed by atoms with Crippen LogP contribution < -0.4 is 10.4 Å². The van der Waals surface area contributed by atoms with Gasteiger partial charge >= 0.3 is 5.69 Å². The Morgan fingerprint density at radius 3 is 2.36 bits per heavy atom. The molecule has 7 nitrogen and oxygen atoms in total. The van der Waals surface area contributed by atoms with Gasteiger partial charge in [0.15, 0.2) is 0 Å². The van der Waals surface area contributed by atoms with Crippen LogP contribution in [0.5, 0.6) is 11.5 Å². The highest BCUT2D eigenvalue weighted by atomic mass is 16.5. The summed E-state index contributed by atoms with van der Waals surface area (Å²) in [4.78, 5) is 31.6. The maximum Gasteiger partial charge on any atom is 0.334 e. The van der Waals surface area contributed by atoms with Crippen LogP contribution in [-0.4, -0.2) is 38.0 Å². The molecule has 33 heavy (non-hydrogen) atoms. The van der Waals surface area contributed by atoms with E-state index in [9.17, 15) is 9.59 Å². The number of hydrogen-bond donors (Lipinski definition) is 0. The number of fused-ring (bicyclic) bond motifs is 1. The third-order valence-electron chi connectivity index (χ3n) is 6.07. The van der Waals surface area contributed by atoms with Crippen LogP contribution in [0.4, 0.5) is 0 Å². The molecule has 4 aromatic rings. The Morgan fingerprint density at radius 2 is 1.67 bits per heavy atom. The molecular weight excluding hydrogens is 416 g/mol. The Labute approximate surface area is 191 Å². The number of imidazole rings is 1. The van der Waals surface area contributed by atoms with Crippen molar-refractivity contribution in [2.75, 3.05) is 13.1 Å². The maximum atomic E-state index is 13.6. The molecule has 0 unspecified atom stereocenters. The summed E-state index contributed by atoms with van der Waals surface area (Å²) in [6.45, 7) is 4.77. The number of likely N-dealkylation sites (tertiary alicyclic amines) is 1. The highest BCUT2D eigenvalue weighted by molar-refractivity contribution is 5.87. The van der Waals surface area contributed by atoms with E-state index < -0.39 is 0 Å². The first-order valence-corrected chi connectivity index (χ1v) is 11.0. The maximum absolute atomic E-state index is 13.6. The van der Waals surface area contributed by atoms with Crippen LogP contribution >= 0.6 is 0 Å². The van der Waals surface area contributed by atoms with E-state index in [0.717, 1.165) is 22.5 Å². The number of para-hydroxylation sites is 1. The molecular formula is C26H24N4O3. The van der Waals surface area contributed by atoms with E-state index in [1.54, 1.807) is 21.9 Å². The number of piperidine rings is 1. The van der Waals surface area contributed by atoms with Crippen LogP contribution in [0, 0.1) is 0 Å². The summed E-state index contributed by atoms with van der Waals surface area (Å²) in [5.74, 6) is 1.38. The van der Waals surface area contributed by atoms with Crippen molar-refractivity contribution in [3.63, 3.8) is 0 Å². The molecule has 1 fully saturated rings. The molecule has 1 amide bonds. The molecule has 0 atom stereocenters. The van der Waals surface area contributed by atoms with E-state index in [-0.39, 0.29) is 17.6 Å². The molecule has 1 saturated heterocycles. The van der Waals surface area contributed by atoms with E-state index in [1.807, 2.05) is 65.2 Å². The van der Waals surface area contributed by atoms with E-state index >= 15 is 0 Å². The summed E-state index contributed by atoms with van der Waals surface area (Å²) in [5, 5.41) is 0. The number of carbonyl (C=O) groups is 1. The summed E-state index contributed by atoms with van der Waals surface area (Å²) in [7, 11) is 0. The van der Waals surface area contributed by atoms with E-state index in [0.29, 0.717) is 31.7 Å². The Kier molecular flexibility index (Phi) is 5.52. The van der Waals surface area contributed by atoms with Crippen molar-refractivity contribution in [3.05, 3.63) is 96.2 Å². The molecule has 0 bridgehead atoms. The average Bonchev–Trinajstić information content (AvgIpc) is 3.16. The molecule has 0 radical (unpaired) electrons. The Morgan fingerprint density at radius 1 is 0.970 bits per heavy atom. The molecule has 2 aromatic carbocycles. The zero-order valence-corrected chi connectivity index (χ0v) is 18.1. The lowest BCUT2D eigenvalue weighted by atomic mass is 10.0. The number of benzene rings is 2. The number of nitrogens with zero attached hydrogens (tertiary/aromatic N) is 4. The smallest absolute Gasteiger partial charge is 0.334 e. The molecule has 0 aliphatic carbocycles. The van der Waals surface area contributed by atoms with Crippen LogP contribution in [0.2, 0.25) is 0 Å². The molecule has 7 heteroatoms. The fraction of sp³-hybridized carbons (Fsp3) is 0.192. The second-order valence-electron chi connectivity index (χ2n) is 8.02. The fourth-order valence-electron chi connectivity index (χ4n) is 4.43. The van der Waals surface area contributed by atoms with Gasteiger partial charge in [0.05, 0.1) is 22.9 Å². The lowest BCUT2D eigenvalue weighted by molar-refractivity contribution is -0.127. The van der Waals surface area contributed by atoms with Gasteiger partial charge in [0.1, 0.15) is 11.5 Å². The summed E-state index contributed by atoms with van der Waals surface area (Å²) in [6.07, 6.45) is 6.19. The van der Waals surface area contributed by atoms with Gasteiger partial charge in [0.2, 0.25) is 5.91 Å². The quantitative estimate of drug-likeness (QED) is 0.433. The summed E-state index contributed by atoms with van der Waals surface area (Å²) in [5.41, 5.74) is 2.23. The molecule has 3 heterocycles. The average molecular weight is 441 g/mol. The topological polar surface area (TPSA) is 69.4 Å². The predicted molar refractivity (Wildman–Crippen MR) is 127 cm³/mol. The van der Waals surface area contributed by atoms with Gasteiger partial charge in [-0.1, -0.05) is 24.8 Å². The van der Waals surface area contributed by atoms with Gasteiger partial charge in [-0.3, -0.25) is 18.9 Å². The molecule has 5 rings (SSSR count). The third-order valence-corrected chi connectivity index (χ3v) is 6.07. The lowest BCUT2D eigenvalue weighted by Crippen LogP contribution is -2.40. The van der Waals surface area contributed by atoms with Crippen molar-refractivity contribution in [1.29, 1.82) is 0 Å². The van der Waals surface area contributed by atoms with Gasteiger partial charge in [-0.2, -0.15) is 0 Å². The van der Waals surface area contributed by atoms with Crippen molar-refractivity contribution in [2.45, 2.75) is 18.9 Å². The SMILES string of the molecule is C=CC(=O)N1CCC(n2c(=O)n(-c3ccc(Oc4ccccc4)cc3)c3cnccc32)CC1. The van der Waals surface area contributed by atoms with Crippen molar-refractivity contribution >= 4 is 16.9 Å². The van der Waals surface area contributed by atoms with Gasteiger partial charge < -0.3 is 9.64 Å². The fourth-order valence-corrected chi connectivity index (χ4v) is 4.43. The lowest BCUT2D eigenvalue weighted by Gasteiger charge is -2.31. The monoisotopic (exact) mass is 440 g/mol. The predicted octanol–water partition coefficient (Wildman–Crippen LogP) is 4.33. The molecule has 166 valence electrons. The summed E-state index contributed by atoms with van der Waals surface area (Å²) < 4.78 is 9.42. The summed E-state index contributed by atoms with van der Waals surface area (Å²) in [6, 6.07) is 18.9. The van der Waals surface area contributed by atoms with Gasteiger partial charge in [0, 0.05) is 25.3 Å². The van der Waals surface area contributed by atoms with Crippen molar-refractivity contribution in [3.8, 4) is 17.2 Å².